The van der Waals surface area contributed by atoms with Crippen LogP contribution in [0.25, 0.3) is 11.0 Å². The van der Waals surface area contributed by atoms with Crippen LogP contribution in [-0.2, 0) is 24.1 Å². The van der Waals surface area contributed by atoms with E-state index in [4.69, 9.17) is 4.42 Å². The van der Waals surface area contributed by atoms with Gasteiger partial charge < -0.3 is 4.42 Å². The molecular formula is C14H13N5O2. The molecule has 3 aromatic rings. The fourth-order valence-electron chi connectivity index (χ4n) is 2.84. The second kappa shape index (κ2) is 4.69. The second-order valence-electron chi connectivity index (χ2n) is 5.19. The van der Waals surface area contributed by atoms with Crippen LogP contribution in [0.15, 0.2) is 22.8 Å². The Labute approximate surface area is 119 Å². The molecule has 0 saturated heterocycles. The maximum atomic E-state index is 12.0. The molecule has 2 N–H and O–H groups in total. The molecule has 2 aromatic heterocycles. The van der Waals surface area contributed by atoms with Crippen molar-refractivity contribution in [2.45, 2.75) is 25.7 Å². The molecule has 4 rings (SSSR count). The number of anilines is 1. The molecule has 0 bridgehead atoms. The Morgan fingerprint density at radius 2 is 2.19 bits per heavy atom. The molecule has 0 atom stereocenters. The Balaban J connectivity index is 1.60. The van der Waals surface area contributed by atoms with Crippen molar-refractivity contribution in [1.82, 2.24) is 20.6 Å². The van der Waals surface area contributed by atoms with Crippen LogP contribution < -0.4 is 5.32 Å². The lowest BCUT2D eigenvalue weighted by Crippen LogP contribution is -2.15. The summed E-state index contributed by atoms with van der Waals surface area (Å²) in [5, 5.41) is 16.7. The van der Waals surface area contributed by atoms with Crippen LogP contribution >= 0.6 is 0 Å². The standard InChI is InChI=1S/C14H13N5O2/c20-13(15-14-16-18-19-17-14)6-10-7-21-12-5-9-3-1-2-8(9)4-11(10)12/h4-5,7H,1-3,6H2,(H2,15,16,17,18,19,20). The Hall–Kier alpha value is -2.70. The molecule has 106 valence electrons. The highest BCUT2D eigenvalue weighted by molar-refractivity contribution is 5.94. The van der Waals surface area contributed by atoms with Crippen molar-refractivity contribution in [2.24, 2.45) is 0 Å². The van der Waals surface area contributed by atoms with Gasteiger partial charge in [0.15, 0.2) is 0 Å². The number of amides is 1. The Morgan fingerprint density at radius 1 is 1.33 bits per heavy atom. The number of nitrogens with one attached hydrogen (secondary N) is 2. The SMILES string of the molecule is O=C(Cc1coc2cc3c(cc12)CCC3)Nc1nn[nH]n1. The van der Waals surface area contributed by atoms with Gasteiger partial charge in [-0.15, -0.1) is 5.10 Å². The third-order valence-electron chi connectivity index (χ3n) is 3.82. The van der Waals surface area contributed by atoms with Gasteiger partial charge in [-0.25, -0.2) is 0 Å². The number of hydrogen-bond donors (Lipinski definition) is 2. The number of rotatable bonds is 3. The summed E-state index contributed by atoms with van der Waals surface area (Å²) in [5.74, 6) is -0.0201. The number of aromatic amines is 1. The van der Waals surface area contributed by atoms with Crippen LogP contribution in [0.4, 0.5) is 5.95 Å². The minimum Gasteiger partial charge on any atom is -0.464 e. The van der Waals surface area contributed by atoms with Crippen molar-refractivity contribution in [1.29, 1.82) is 0 Å². The smallest absolute Gasteiger partial charge is 0.269 e. The zero-order chi connectivity index (χ0) is 14.2. The van der Waals surface area contributed by atoms with Gasteiger partial charge in [0.1, 0.15) is 5.58 Å². The van der Waals surface area contributed by atoms with Crippen molar-refractivity contribution < 1.29 is 9.21 Å². The molecule has 7 heteroatoms. The minimum absolute atomic E-state index is 0.175. The molecule has 0 aliphatic heterocycles. The van der Waals surface area contributed by atoms with Crippen molar-refractivity contribution in [3.05, 3.63) is 35.1 Å². The fourth-order valence-corrected chi connectivity index (χ4v) is 2.84. The molecule has 1 amide bonds. The Morgan fingerprint density at radius 3 is 3.00 bits per heavy atom. The van der Waals surface area contributed by atoms with Gasteiger partial charge in [0.05, 0.1) is 12.7 Å². The first-order chi connectivity index (χ1) is 10.3. The number of tetrazole rings is 1. The average Bonchev–Trinajstić information content (AvgIpc) is 3.18. The van der Waals surface area contributed by atoms with Crippen molar-refractivity contribution in [3.8, 4) is 0 Å². The van der Waals surface area contributed by atoms with Crippen molar-refractivity contribution >= 4 is 22.8 Å². The number of carbonyl (C=O) groups is 1. The zero-order valence-corrected chi connectivity index (χ0v) is 11.2. The highest BCUT2D eigenvalue weighted by Crippen LogP contribution is 2.30. The van der Waals surface area contributed by atoms with Gasteiger partial charge in [0.25, 0.3) is 5.95 Å². The average molecular weight is 283 g/mol. The summed E-state index contributed by atoms with van der Waals surface area (Å²) in [7, 11) is 0. The number of aryl methyl sites for hydroxylation is 2. The number of carbonyl (C=O) groups excluding carboxylic acids is 1. The molecule has 2 heterocycles. The number of hydrogen-bond acceptors (Lipinski definition) is 5. The summed E-state index contributed by atoms with van der Waals surface area (Å²) in [6.07, 6.45) is 5.27. The van der Waals surface area contributed by atoms with E-state index in [2.05, 4.69) is 38.1 Å². The predicted molar refractivity (Wildman–Crippen MR) is 74.8 cm³/mol. The zero-order valence-electron chi connectivity index (χ0n) is 11.2. The van der Waals surface area contributed by atoms with E-state index >= 15 is 0 Å². The number of aromatic nitrogens is 4. The quantitative estimate of drug-likeness (QED) is 0.761. The van der Waals surface area contributed by atoms with Crippen LogP contribution in [0.3, 0.4) is 0 Å². The fraction of sp³-hybridized carbons (Fsp3) is 0.286. The normalized spacial score (nSPS) is 13.5. The van der Waals surface area contributed by atoms with E-state index in [-0.39, 0.29) is 18.3 Å². The first-order valence-corrected chi connectivity index (χ1v) is 6.85. The molecule has 0 fully saturated rings. The molecule has 1 aliphatic rings. The van der Waals surface area contributed by atoms with E-state index in [0.29, 0.717) is 0 Å². The monoisotopic (exact) mass is 283 g/mol. The Kier molecular flexibility index (Phi) is 2.70. The minimum atomic E-state index is -0.195. The van der Waals surface area contributed by atoms with Crippen LogP contribution in [0.5, 0.6) is 0 Å². The van der Waals surface area contributed by atoms with Crippen LogP contribution in [0.2, 0.25) is 0 Å². The Bertz CT molecular complexity index is 806. The summed E-state index contributed by atoms with van der Waals surface area (Å²) >= 11 is 0. The number of benzene rings is 1. The van der Waals surface area contributed by atoms with E-state index < -0.39 is 0 Å². The second-order valence-corrected chi connectivity index (χ2v) is 5.19. The first-order valence-electron chi connectivity index (χ1n) is 6.85. The summed E-state index contributed by atoms with van der Waals surface area (Å²) < 4.78 is 5.58. The van der Waals surface area contributed by atoms with Gasteiger partial charge in [-0.05, 0) is 47.7 Å². The molecule has 0 spiro atoms. The van der Waals surface area contributed by atoms with Gasteiger partial charge >= 0.3 is 0 Å². The lowest BCUT2D eigenvalue weighted by molar-refractivity contribution is -0.115. The topological polar surface area (TPSA) is 96.7 Å². The van der Waals surface area contributed by atoms with Crippen LogP contribution in [0, 0.1) is 0 Å². The highest BCUT2D eigenvalue weighted by Gasteiger charge is 2.17. The third-order valence-corrected chi connectivity index (χ3v) is 3.82. The number of H-pyrrole nitrogens is 1. The van der Waals surface area contributed by atoms with Gasteiger partial charge in [-0.1, -0.05) is 5.10 Å². The van der Waals surface area contributed by atoms with Gasteiger partial charge in [-0.2, -0.15) is 5.21 Å². The number of furan rings is 1. The van der Waals surface area contributed by atoms with Crippen LogP contribution in [-0.4, -0.2) is 26.5 Å². The molecule has 0 radical (unpaired) electrons. The molecule has 7 nitrogen and oxygen atoms in total. The highest BCUT2D eigenvalue weighted by atomic mass is 16.3. The van der Waals surface area contributed by atoms with E-state index in [1.54, 1.807) is 6.26 Å². The van der Waals surface area contributed by atoms with E-state index in [1.807, 2.05) is 0 Å². The molecule has 0 saturated carbocycles. The maximum absolute atomic E-state index is 12.0. The summed E-state index contributed by atoms with van der Waals surface area (Å²) in [6, 6.07) is 4.25. The molecule has 0 unspecified atom stereocenters. The largest absolute Gasteiger partial charge is 0.464 e. The van der Waals surface area contributed by atoms with E-state index in [1.165, 1.54) is 17.5 Å². The molecule has 1 aliphatic carbocycles. The third kappa shape index (κ3) is 2.16. The summed E-state index contributed by atoms with van der Waals surface area (Å²) in [4.78, 5) is 12.0. The summed E-state index contributed by atoms with van der Waals surface area (Å²) in [5.41, 5.74) is 4.45. The predicted octanol–water partition coefficient (Wildman–Crippen LogP) is 1.62. The number of fused-ring (bicyclic) bond motifs is 2. The lowest BCUT2D eigenvalue weighted by Gasteiger charge is -2.01. The van der Waals surface area contributed by atoms with Crippen molar-refractivity contribution in [3.63, 3.8) is 0 Å². The maximum Gasteiger partial charge on any atom is 0.269 e. The van der Waals surface area contributed by atoms with Crippen LogP contribution in [0.1, 0.15) is 23.1 Å². The van der Waals surface area contributed by atoms with Gasteiger partial charge in [-0.3, -0.25) is 10.1 Å². The van der Waals surface area contributed by atoms with E-state index in [0.717, 1.165) is 29.4 Å². The molecular weight excluding hydrogens is 270 g/mol. The van der Waals surface area contributed by atoms with E-state index in [9.17, 15) is 4.79 Å². The summed E-state index contributed by atoms with van der Waals surface area (Å²) in [6.45, 7) is 0. The van der Waals surface area contributed by atoms with Gasteiger partial charge in [0.2, 0.25) is 5.91 Å². The van der Waals surface area contributed by atoms with Gasteiger partial charge in [0, 0.05) is 10.9 Å². The lowest BCUT2D eigenvalue weighted by atomic mass is 10.0. The molecule has 1 aromatic carbocycles. The first kappa shape index (κ1) is 12.1. The molecule has 21 heavy (non-hydrogen) atoms. The number of nitrogens with zero attached hydrogens (tertiary/aromatic N) is 3. The van der Waals surface area contributed by atoms with Crippen molar-refractivity contribution in [2.75, 3.05) is 5.32 Å².